The van der Waals surface area contributed by atoms with Crippen LogP contribution in [0.2, 0.25) is 0 Å². The number of hydrogen-bond donors (Lipinski definition) is 1. The molecule has 0 aliphatic heterocycles. The molecular formula is C11H15FO2. The van der Waals surface area contributed by atoms with E-state index in [1.165, 1.54) is 7.11 Å². The van der Waals surface area contributed by atoms with Crippen LogP contribution in [0.15, 0.2) is 18.2 Å². The second kappa shape index (κ2) is 3.96. The quantitative estimate of drug-likeness (QED) is 0.808. The maximum Gasteiger partial charge on any atom is 0.124 e. The summed E-state index contributed by atoms with van der Waals surface area (Å²) in [5.74, 6) is 0.514. The molecule has 0 amide bonds. The van der Waals surface area contributed by atoms with Crippen molar-refractivity contribution >= 4 is 0 Å². The van der Waals surface area contributed by atoms with Crippen molar-refractivity contribution in [3.8, 4) is 5.75 Å². The summed E-state index contributed by atoms with van der Waals surface area (Å²) < 4.78 is 17.6. The lowest BCUT2D eigenvalue weighted by Gasteiger charge is -2.19. The number of benzene rings is 1. The van der Waals surface area contributed by atoms with Crippen LogP contribution in [0.25, 0.3) is 0 Å². The average Bonchev–Trinajstić information content (AvgIpc) is 2.15. The highest BCUT2D eigenvalue weighted by Crippen LogP contribution is 2.26. The third-order valence-corrected chi connectivity index (χ3v) is 2.13. The van der Waals surface area contributed by atoms with Crippen LogP contribution in [0.3, 0.4) is 0 Å². The van der Waals surface area contributed by atoms with E-state index in [1.54, 1.807) is 32.0 Å². The monoisotopic (exact) mass is 198 g/mol. The van der Waals surface area contributed by atoms with Crippen molar-refractivity contribution in [2.75, 3.05) is 7.11 Å². The molecular weight excluding hydrogens is 183 g/mol. The zero-order valence-corrected chi connectivity index (χ0v) is 8.67. The SMILES string of the molecule is COc1ccc(C(C)(C)O)cc1CF. The molecule has 1 rings (SSSR count). The number of halogens is 1. The van der Waals surface area contributed by atoms with Gasteiger partial charge >= 0.3 is 0 Å². The Kier molecular flexibility index (Phi) is 3.11. The standard InChI is InChI=1S/C11H15FO2/c1-11(2,13)9-4-5-10(14-3)8(6-9)7-12/h4-6,13H,7H2,1-3H3. The van der Waals surface area contributed by atoms with Gasteiger partial charge in [-0.2, -0.15) is 0 Å². The first kappa shape index (κ1) is 11.0. The van der Waals surface area contributed by atoms with Crippen LogP contribution < -0.4 is 4.74 Å². The first-order valence-electron chi connectivity index (χ1n) is 4.44. The van der Waals surface area contributed by atoms with E-state index in [2.05, 4.69) is 0 Å². The summed E-state index contributed by atoms with van der Waals surface area (Å²) in [6, 6.07) is 5.03. The molecule has 0 unspecified atom stereocenters. The predicted octanol–water partition coefficient (Wildman–Crippen LogP) is 2.39. The molecule has 0 fully saturated rings. The first-order valence-corrected chi connectivity index (χ1v) is 4.44. The van der Waals surface area contributed by atoms with Crippen LogP contribution in [0.4, 0.5) is 4.39 Å². The Morgan fingerprint density at radius 3 is 2.50 bits per heavy atom. The number of aliphatic hydroxyl groups is 1. The molecule has 0 bridgehead atoms. The van der Waals surface area contributed by atoms with Gasteiger partial charge in [0.2, 0.25) is 0 Å². The third kappa shape index (κ3) is 2.23. The lowest BCUT2D eigenvalue weighted by atomic mass is 9.96. The van der Waals surface area contributed by atoms with E-state index >= 15 is 0 Å². The van der Waals surface area contributed by atoms with Gasteiger partial charge in [-0.05, 0) is 31.5 Å². The molecule has 0 aromatic heterocycles. The Morgan fingerprint density at radius 2 is 2.07 bits per heavy atom. The highest BCUT2D eigenvalue weighted by Gasteiger charge is 2.17. The molecule has 0 saturated heterocycles. The van der Waals surface area contributed by atoms with Crippen molar-refractivity contribution in [2.24, 2.45) is 0 Å². The van der Waals surface area contributed by atoms with Crippen LogP contribution in [0, 0.1) is 0 Å². The number of methoxy groups -OCH3 is 1. The van der Waals surface area contributed by atoms with Gasteiger partial charge in [0.25, 0.3) is 0 Å². The zero-order valence-electron chi connectivity index (χ0n) is 8.67. The van der Waals surface area contributed by atoms with E-state index in [1.807, 2.05) is 0 Å². The van der Waals surface area contributed by atoms with Crippen LogP contribution in [-0.4, -0.2) is 12.2 Å². The highest BCUT2D eigenvalue weighted by atomic mass is 19.1. The molecule has 0 radical (unpaired) electrons. The average molecular weight is 198 g/mol. The van der Waals surface area contributed by atoms with Gasteiger partial charge in [-0.25, -0.2) is 4.39 Å². The lowest BCUT2D eigenvalue weighted by molar-refractivity contribution is 0.0784. The van der Waals surface area contributed by atoms with Gasteiger partial charge in [-0.1, -0.05) is 6.07 Å². The fourth-order valence-corrected chi connectivity index (χ4v) is 1.26. The molecule has 0 aliphatic carbocycles. The normalized spacial score (nSPS) is 11.5. The van der Waals surface area contributed by atoms with Crippen LogP contribution >= 0.6 is 0 Å². The van der Waals surface area contributed by atoms with Crippen molar-refractivity contribution in [3.63, 3.8) is 0 Å². The summed E-state index contributed by atoms with van der Waals surface area (Å²) in [7, 11) is 1.50. The smallest absolute Gasteiger partial charge is 0.124 e. The minimum absolute atomic E-state index is 0.465. The van der Waals surface area contributed by atoms with Gasteiger partial charge in [0.15, 0.2) is 0 Å². The van der Waals surface area contributed by atoms with E-state index in [0.717, 1.165) is 0 Å². The summed E-state index contributed by atoms with van der Waals surface area (Å²) in [5, 5.41) is 9.71. The fraction of sp³-hybridized carbons (Fsp3) is 0.455. The molecule has 3 heteroatoms. The Bertz CT molecular complexity index is 316. The second-order valence-electron chi connectivity index (χ2n) is 3.72. The molecule has 1 aromatic carbocycles. The number of hydrogen-bond acceptors (Lipinski definition) is 2. The molecule has 1 aromatic rings. The highest BCUT2D eigenvalue weighted by molar-refractivity contribution is 5.38. The lowest BCUT2D eigenvalue weighted by Crippen LogP contribution is -2.15. The third-order valence-electron chi connectivity index (χ3n) is 2.13. The summed E-state index contributed by atoms with van der Waals surface area (Å²) in [6.45, 7) is 2.74. The van der Waals surface area contributed by atoms with E-state index in [-0.39, 0.29) is 0 Å². The van der Waals surface area contributed by atoms with E-state index < -0.39 is 12.3 Å². The summed E-state index contributed by atoms with van der Waals surface area (Å²) in [5.41, 5.74) is 0.203. The van der Waals surface area contributed by atoms with Crippen molar-refractivity contribution in [1.82, 2.24) is 0 Å². The van der Waals surface area contributed by atoms with Gasteiger partial charge in [-0.3, -0.25) is 0 Å². The number of alkyl halides is 1. The summed E-state index contributed by atoms with van der Waals surface area (Å²) in [4.78, 5) is 0. The fourth-order valence-electron chi connectivity index (χ4n) is 1.26. The molecule has 0 spiro atoms. The molecule has 0 heterocycles. The van der Waals surface area contributed by atoms with Gasteiger partial charge in [0.1, 0.15) is 12.4 Å². The first-order chi connectivity index (χ1) is 6.49. The topological polar surface area (TPSA) is 29.5 Å². The maximum atomic E-state index is 12.6. The van der Waals surface area contributed by atoms with Gasteiger partial charge in [0.05, 0.1) is 12.7 Å². The Labute approximate surface area is 83.3 Å². The van der Waals surface area contributed by atoms with Crippen molar-refractivity contribution < 1.29 is 14.2 Å². The molecule has 0 atom stereocenters. The van der Waals surface area contributed by atoms with Gasteiger partial charge in [0, 0.05) is 5.56 Å². The zero-order chi connectivity index (χ0) is 10.8. The summed E-state index contributed by atoms with van der Waals surface area (Å²) >= 11 is 0. The van der Waals surface area contributed by atoms with E-state index in [0.29, 0.717) is 16.9 Å². The van der Waals surface area contributed by atoms with Gasteiger partial charge < -0.3 is 9.84 Å². The molecule has 2 nitrogen and oxygen atoms in total. The minimum Gasteiger partial charge on any atom is -0.496 e. The molecule has 1 N–H and O–H groups in total. The maximum absolute atomic E-state index is 12.6. The van der Waals surface area contributed by atoms with Crippen LogP contribution in [0.5, 0.6) is 5.75 Å². The van der Waals surface area contributed by atoms with Gasteiger partial charge in [-0.15, -0.1) is 0 Å². The minimum atomic E-state index is -0.948. The number of ether oxygens (including phenoxy) is 1. The summed E-state index contributed by atoms with van der Waals surface area (Å²) in [6.07, 6.45) is 0. The molecule has 78 valence electrons. The predicted molar refractivity (Wildman–Crippen MR) is 53.1 cm³/mol. The molecule has 0 aliphatic rings. The Balaban J connectivity index is 3.14. The van der Waals surface area contributed by atoms with Crippen molar-refractivity contribution in [2.45, 2.75) is 26.1 Å². The molecule has 0 saturated carbocycles. The van der Waals surface area contributed by atoms with Crippen molar-refractivity contribution in [3.05, 3.63) is 29.3 Å². The largest absolute Gasteiger partial charge is 0.496 e. The Morgan fingerprint density at radius 1 is 1.43 bits per heavy atom. The Hall–Kier alpha value is -1.09. The molecule has 14 heavy (non-hydrogen) atoms. The van der Waals surface area contributed by atoms with Crippen LogP contribution in [0.1, 0.15) is 25.0 Å². The van der Waals surface area contributed by atoms with Crippen molar-refractivity contribution in [1.29, 1.82) is 0 Å². The van der Waals surface area contributed by atoms with Crippen LogP contribution in [-0.2, 0) is 12.3 Å². The second-order valence-corrected chi connectivity index (χ2v) is 3.72. The van der Waals surface area contributed by atoms with E-state index in [4.69, 9.17) is 4.74 Å². The van der Waals surface area contributed by atoms with E-state index in [9.17, 15) is 9.50 Å². The number of rotatable bonds is 3.